The molecule has 0 bridgehead atoms. The van der Waals surface area contributed by atoms with Crippen LogP contribution in [0.25, 0.3) is 0 Å². The molecular formula is C11H9ClFN3O2S. The molecule has 0 radical (unpaired) electrons. The second-order valence-electron chi connectivity index (χ2n) is 3.66. The number of nitrogens with zero attached hydrogens (tertiary/aromatic N) is 1. The first kappa shape index (κ1) is 13.6. The summed E-state index contributed by atoms with van der Waals surface area (Å²) in [4.78, 5) is 3.51. The van der Waals surface area contributed by atoms with Gasteiger partial charge in [-0.3, -0.25) is 4.72 Å². The Hall–Kier alpha value is -1.86. The van der Waals surface area contributed by atoms with Crippen LogP contribution in [-0.2, 0) is 10.0 Å². The summed E-state index contributed by atoms with van der Waals surface area (Å²) in [5.41, 5.74) is 5.39. The van der Waals surface area contributed by atoms with E-state index in [1.807, 2.05) is 0 Å². The molecule has 100 valence electrons. The van der Waals surface area contributed by atoms with E-state index in [1.165, 1.54) is 30.5 Å². The van der Waals surface area contributed by atoms with Crippen molar-refractivity contribution in [3.63, 3.8) is 0 Å². The smallest absolute Gasteiger partial charge is 0.262 e. The second-order valence-corrected chi connectivity index (χ2v) is 5.73. The van der Waals surface area contributed by atoms with Crippen LogP contribution in [0.5, 0.6) is 0 Å². The maximum Gasteiger partial charge on any atom is 0.262 e. The van der Waals surface area contributed by atoms with E-state index in [0.29, 0.717) is 0 Å². The fourth-order valence-electron chi connectivity index (χ4n) is 1.33. The van der Waals surface area contributed by atoms with Gasteiger partial charge in [-0.25, -0.2) is 17.8 Å². The summed E-state index contributed by atoms with van der Waals surface area (Å²) < 4.78 is 39.4. The normalized spacial score (nSPS) is 11.3. The van der Waals surface area contributed by atoms with Crippen molar-refractivity contribution < 1.29 is 12.8 Å². The Morgan fingerprint density at radius 2 is 2.00 bits per heavy atom. The molecule has 0 saturated carbocycles. The number of pyridine rings is 1. The summed E-state index contributed by atoms with van der Waals surface area (Å²) in [6.07, 6.45) is 1.26. The largest absolute Gasteiger partial charge is 0.396 e. The van der Waals surface area contributed by atoms with Gasteiger partial charge in [-0.1, -0.05) is 11.6 Å². The van der Waals surface area contributed by atoms with Gasteiger partial charge in [-0.2, -0.15) is 0 Å². The lowest BCUT2D eigenvalue weighted by Gasteiger charge is -2.08. The highest BCUT2D eigenvalue weighted by molar-refractivity contribution is 7.92. The van der Waals surface area contributed by atoms with Crippen LogP contribution in [0.3, 0.4) is 0 Å². The Kier molecular flexibility index (Phi) is 3.59. The molecule has 5 nitrogen and oxygen atoms in total. The zero-order valence-corrected chi connectivity index (χ0v) is 11.0. The van der Waals surface area contributed by atoms with Gasteiger partial charge in [0.15, 0.2) is 0 Å². The lowest BCUT2D eigenvalue weighted by Crippen LogP contribution is -2.13. The first-order chi connectivity index (χ1) is 8.88. The third-order valence-electron chi connectivity index (χ3n) is 2.26. The highest BCUT2D eigenvalue weighted by atomic mass is 35.5. The third kappa shape index (κ3) is 3.12. The predicted octanol–water partition coefficient (Wildman–Crippen LogP) is 2.26. The molecule has 1 aromatic heterocycles. The molecular weight excluding hydrogens is 293 g/mol. The van der Waals surface area contributed by atoms with Crippen molar-refractivity contribution in [1.82, 2.24) is 4.98 Å². The molecule has 0 unspecified atom stereocenters. The lowest BCUT2D eigenvalue weighted by atomic mass is 10.3. The van der Waals surface area contributed by atoms with Crippen LogP contribution in [-0.4, -0.2) is 13.4 Å². The van der Waals surface area contributed by atoms with Crippen LogP contribution in [0.2, 0.25) is 5.15 Å². The van der Waals surface area contributed by atoms with Crippen molar-refractivity contribution in [2.24, 2.45) is 0 Å². The number of anilines is 2. The van der Waals surface area contributed by atoms with E-state index >= 15 is 0 Å². The van der Waals surface area contributed by atoms with Crippen LogP contribution >= 0.6 is 11.6 Å². The number of aromatic nitrogens is 1. The van der Waals surface area contributed by atoms with Gasteiger partial charge in [0.2, 0.25) is 0 Å². The van der Waals surface area contributed by atoms with Crippen molar-refractivity contribution in [2.45, 2.75) is 4.90 Å². The zero-order valence-electron chi connectivity index (χ0n) is 9.47. The number of nitrogens with two attached hydrogens (primary N) is 1. The molecule has 2 aromatic rings. The van der Waals surface area contributed by atoms with Gasteiger partial charge in [-0.15, -0.1) is 0 Å². The maximum atomic E-state index is 13.3. The lowest BCUT2D eigenvalue weighted by molar-refractivity contribution is 0.596. The summed E-state index contributed by atoms with van der Waals surface area (Å²) in [7, 11) is -3.89. The number of halogens is 2. The van der Waals surface area contributed by atoms with E-state index in [9.17, 15) is 12.8 Å². The molecule has 0 aliphatic carbocycles. The van der Waals surface area contributed by atoms with Crippen molar-refractivity contribution >= 4 is 33.0 Å². The number of benzene rings is 1. The van der Waals surface area contributed by atoms with Crippen LogP contribution in [0.4, 0.5) is 15.8 Å². The molecule has 8 heteroatoms. The molecule has 0 amide bonds. The Balaban J connectivity index is 2.32. The van der Waals surface area contributed by atoms with Gasteiger partial charge in [0.25, 0.3) is 10.0 Å². The van der Waals surface area contributed by atoms with E-state index in [1.54, 1.807) is 0 Å². The van der Waals surface area contributed by atoms with Crippen LogP contribution < -0.4 is 10.5 Å². The predicted molar refractivity (Wildman–Crippen MR) is 70.9 cm³/mol. The van der Waals surface area contributed by atoms with Gasteiger partial charge in [0.1, 0.15) is 11.0 Å². The minimum Gasteiger partial charge on any atom is -0.396 e. The van der Waals surface area contributed by atoms with Gasteiger partial charge in [0, 0.05) is 0 Å². The average molecular weight is 302 g/mol. The fourth-order valence-corrected chi connectivity index (χ4v) is 2.49. The number of hydrogen-bond acceptors (Lipinski definition) is 4. The van der Waals surface area contributed by atoms with Gasteiger partial charge in [0.05, 0.1) is 22.5 Å². The topological polar surface area (TPSA) is 85.1 Å². The number of sulfonamides is 1. The molecule has 2 rings (SSSR count). The van der Waals surface area contributed by atoms with E-state index < -0.39 is 15.8 Å². The molecule has 1 aromatic carbocycles. The molecule has 1 heterocycles. The molecule has 0 spiro atoms. The average Bonchev–Trinajstić information content (AvgIpc) is 2.35. The van der Waals surface area contributed by atoms with Crippen molar-refractivity contribution in [1.29, 1.82) is 0 Å². The molecule has 0 aliphatic heterocycles. The SMILES string of the molecule is Nc1ccc(S(=O)(=O)Nc2ccc(Cl)nc2)cc1F. The van der Waals surface area contributed by atoms with E-state index in [0.717, 1.165) is 6.07 Å². The van der Waals surface area contributed by atoms with E-state index in [4.69, 9.17) is 17.3 Å². The summed E-state index contributed by atoms with van der Waals surface area (Å²) in [6, 6.07) is 6.12. The Morgan fingerprint density at radius 3 is 2.58 bits per heavy atom. The maximum absolute atomic E-state index is 13.3. The number of rotatable bonds is 3. The summed E-state index contributed by atoms with van der Waals surface area (Å²) >= 11 is 5.59. The zero-order chi connectivity index (χ0) is 14.0. The van der Waals surface area contributed by atoms with E-state index in [2.05, 4.69) is 9.71 Å². The Labute approximate surface area is 114 Å². The highest BCUT2D eigenvalue weighted by Gasteiger charge is 2.16. The minimum atomic E-state index is -3.89. The van der Waals surface area contributed by atoms with Gasteiger partial charge >= 0.3 is 0 Å². The standard InChI is InChI=1S/C11H9ClFN3O2S/c12-11-4-1-7(6-15-11)16-19(17,18)8-2-3-10(14)9(13)5-8/h1-6,16H,14H2. The third-order valence-corrected chi connectivity index (χ3v) is 3.86. The summed E-state index contributed by atoms with van der Waals surface area (Å²) in [6.45, 7) is 0. The molecule has 19 heavy (non-hydrogen) atoms. The van der Waals surface area contributed by atoms with Gasteiger partial charge in [-0.05, 0) is 30.3 Å². The number of hydrogen-bond donors (Lipinski definition) is 2. The van der Waals surface area contributed by atoms with E-state index in [-0.39, 0.29) is 21.4 Å². The van der Waals surface area contributed by atoms with Gasteiger partial charge < -0.3 is 5.73 Å². The summed E-state index contributed by atoms with van der Waals surface area (Å²) in [5.74, 6) is -0.794. The quantitative estimate of drug-likeness (QED) is 0.672. The monoisotopic (exact) mass is 301 g/mol. The summed E-state index contributed by atoms with van der Waals surface area (Å²) in [5, 5.41) is 0.237. The number of nitrogens with one attached hydrogen (secondary N) is 1. The molecule has 0 aliphatic rings. The van der Waals surface area contributed by atoms with Crippen molar-refractivity contribution in [3.05, 3.63) is 47.5 Å². The van der Waals surface area contributed by atoms with Crippen molar-refractivity contribution in [3.8, 4) is 0 Å². The molecule has 0 saturated heterocycles. The first-order valence-corrected chi connectivity index (χ1v) is 6.94. The van der Waals surface area contributed by atoms with Crippen LogP contribution in [0.1, 0.15) is 0 Å². The van der Waals surface area contributed by atoms with Crippen LogP contribution in [0, 0.1) is 5.82 Å². The Morgan fingerprint density at radius 1 is 1.26 bits per heavy atom. The molecule has 3 N–H and O–H groups in total. The Bertz CT molecular complexity index is 704. The van der Waals surface area contributed by atoms with Crippen molar-refractivity contribution in [2.75, 3.05) is 10.5 Å². The minimum absolute atomic E-state index is 0.118. The highest BCUT2D eigenvalue weighted by Crippen LogP contribution is 2.19. The second kappa shape index (κ2) is 5.02. The molecule has 0 fully saturated rings. The first-order valence-electron chi connectivity index (χ1n) is 5.08. The molecule has 0 atom stereocenters. The van der Waals surface area contributed by atoms with Crippen LogP contribution in [0.15, 0.2) is 41.4 Å². The number of nitrogen functional groups attached to an aromatic ring is 1. The fraction of sp³-hybridized carbons (Fsp3) is 0.